The van der Waals surface area contributed by atoms with E-state index in [1.807, 2.05) is 25.3 Å². The van der Waals surface area contributed by atoms with E-state index in [2.05, 4.69) is 4.98 Å². The Hall–Kier alpha value is -2.30. The van der Waals surface area contributed by atoms with Gasteiger partial charge in [0.2, 0.25) is 5.91 Å². The first-order valence-corrected chi connectivity index (χ1v) is 6.76. The van der Waals surface area contributed by atoms with Crippen molar-refractivity contribution in [1.29, 1.82) is 0 Å². The van der Waals surface area contributed by atoms with Crippen LogP contribution in [0.15, 0.2) is 30.5 Å². The standard InChI is InChI=1S/C15H19N3O2/c1-2-3-8-18(10-14(16)19)15(20)12-5-4-11-6-7-17-13(11)9-12/h4-7,9,17H,2-3,8,10H2,1H3,(H2,16,19). The Morgan fingerprint density at radius 3 is 2.80 bits per heavy atom. The second-order valence-corrected chi connectivity index (χ2v) is 4.83. The fourth-order valence-electron chi connectivity index (χ4n) is 2.15. The van der Waals surface area contributed by atoms with Gasteiger partial charge in [-0.25, -0.2) is 0 Å². The van der Waals surface area contributed by atoms with Gasteiger partial charge in [-0.2, -0.15) is 0 Å². The molecule has 0 aliphatic carbocycles. The Balaban J connectivity index is 2.22. The molecule has 0 aliphatic heterocycles. The second kappa shape index (κ2) is 6.23. The Labute approximate surface area is 117 Å². The van der Waals surface area contributed by atoms with Crippen LogP contribution in [0.4, 0.5) is 0 Å². The maximum absolute atomic E-state index is 12.5. The van der Waals surface area contributed by atoms with Crippen LogP contribution in [0.25, 0.3) is 10.9 Å². The van der Waals surface area contributed by atoms with E-state index < -0.39 is 5.91 Å². The smallest absolute Gasteiger partial charge is 0.254 e. The van der Waals surface area contributed by atoms with Gasteiger partial charge in [-0.1, -0.05) is 19.4 Å². The third-order valence-electron chi connectivity index (χ3n) is 3.22. The number of nitrogens with zero attached hydrogens (tertiary/aromatic N) is 1. The molecule has 5 heteroatoms. The molecule has 20 heavy (non-hydrogen) atoms. The molecule has 0 fully saturated rings. The number of aromatic amines is 1. The molecule has 0 unspecified atom stereocenters. The van der Waals surface area contributed by atoms with E-state index in [4.69, 9.17) is 5.73 Å². The third-order valence-corrected chi connectivity index (χ3v) is 3.22. The van der Waals surface area contributed by atoms with Gasteiger partial charge < -0.3 is 15.6 Å². The SMILES string of the molecule is CCCCN(CC(N)=O)C(=O)c1ccc2cc[nH]c2c1. The number of rotatable bonds is 6. The molecule has 0 radical (unpaired) electrons. The van der Waals surface area contributed by atoms with Gasteiger partial charge in [0, 0.05) is 23.8 Å². The summed E-state index contributed by atoms with van der Waals surface area (Å²) < 4.78 is 0. The van der Waals surface area contributed by atoms with Crippen molar-refractivity contribution in [3.05, 3.63) is 36.0 Å². The number of nitrogens with two attached hydrogens (primary N) is 1. The minimum atomic E-state index is -0.490. The van der Waals surface area contributed by atoms with Gasteiger partial charge in [0.15, 0.2) is 0 Å². The molecule has 0 bridgehead atoms. The molecular weight excluding hydrogens is 254 g/mol. The minimum absolute atomic E-state index is 0.0401. The van der Waals surface area contributed by atoms with Gasteiger partial charge in [0.1, 0.15) is 0 Å². The van der Waals surface area contributed by atoms with E-state index in [9.17, 15) is 9.59 Å². The summed E-state index contributed by atoms with van der Waals surface area (Å²) in [6, 6.07) is 7.42. The average molecular weight is 273 g/mol. The number of fused-ring (bicyclic) bond motifs is 1. The van der Waals surface area contributed by atoms with E-state index >= 15 is 0 Å². The normalized spacial score (nSPS) is 10.7. The van der Waals surface area contributed by atoms with Crippen LogP contribution in [-0.2, 0) is 4.79 Å². The summed E-state index contributed by atoms with van der Waals surface area (Å²) in [6.07, 6.45) is 3.64. The molecule has 0 aliphatic rings. The number of aromatic nitrogens is 1. The lowest BCUT2D eigenvalue weighted by molar-refractivity contribution is -0.118. The van der Waals surface area contributed by atoms with Crippen molar-refractivity contribution in [2.75, 3.05) is 13.1 Å². The quantitative estimate of drug-likeness (QED) is 0.843. The Morgan fingerprint density at radius 2 is 2.10 bits per heavy atom. The lowest BCUT2D eigenvalue weighted by Crippen LogP contribution is -2.39. The lowest BCUT2D eigenvalue weighted by atomic mass is 10.1. The number of carbonyl (C=O) groups excluding carboxylic acids is 2. The maximum atomic E-state index is 12.5. The summed E-state index contributed by atoms with van der Waals surface area (Å²) >= 11 is 0. The van der Waals surface area contributed by atoms with Crippen molar-refractivity contribution in [3.8, 4) is 0 Å². The lowest BCUT2D eigenvalue weighted by Gasteiger charge is -2.21. The van der Waals surface area contributed by atoms with Crippen molar-refractivity contribution < 1.29 is 9.59 Å². The molecule has 5 nitrogen and oxygen atoms in total. The highest BCUT2D eigenvalue weighted by Crippen LogP contribution is 2.16. The molecule has 0 spiro atoms. The number of primary amides is 1. The van der Waals surface area contributed by atoms with E-state index in [1.54, 1.807) is 12.1 Å². The Kier molecular flexibility index (Phi) is 4.40. The summed E-state index contributed by atoms with van der Waals surface area (Å²) in [5.74, 6) is -0.649. The Bertz CT molecular complexity index is 618. The number of hydrogen-bond acceptors (Lipinski definition) is 2. The summed E-state index contributed by atoms with van der Waals surface area (Å²) in [4.78, 5) is 28.1. The van der Waals surface area contributed by atoms with Crippen molar-refractivity contribution >= 4 is 22.7 Å². The number of nitrogens with one attached hydrogen (secondary N) is 1. The molecular formula is C15H19N3O2. The number of benzene rings is 1. The van der Waals surface area contributed by atoms with E-state index in [1.165, 1.54) is 4.90 Å². The molecule has 2 rings (SSSR count). The van der Waals surface area contributed by atoms with E-state index in [0.29, 0.717) is 12.1 Å². The first-order valence-electron chi connectivity index (χ1n) is 6.76. The van der Waals surface area contributed by atoms with Gasteiger partial charge in [0.05, 0.1) is 6.54 Å². The van der Waals surface area contributed by atoms with Crippen LogP contribution in [-0.4, -0.2) is 34.8 Å². The fourth-order valence-corrected chi connectivity index (χ4v) is 2.15. The zero-order valence-corrected chi connectivity index (χ0v) is 11.6. The largest absolute Gasteiger partial charge is 0.368 e. The highest BCUT2D eigenvalue weighted by Gasteiger charge is 2.17. The Morgan fingerprint density at radius 1 is 1.30 bits per heavy atom. The van der Waals surface area contributed by atoms with Gasteiger partial charge in [0.25, 0.3) is 5.91 Å². The number of H-pyrrole nitrogens is 1. The van der Waals surface area contributed by atoms with Crippen LogP contribution < -0.4 is 5.73 Å². The van der Waals surface area contributed by atoms with Crippen LogP contribution in [0.3, 0.4) is 0 Å². The minimum Gasteiger partial charge on any atom is -0.368 e. The monoisotopic (exact) mass is 273 g/mol. The number of amides is 2. The number of unbranched alkanes of at least 4 members (excludes halogenated alkanes) is 1. The van der Waals surface area contributed by atoms with Crippen molar-refractivity contribution in [2.24, 2.45) is 5.73 Å². The molecule has 2 aromatic rings. The molecule has 106 valence electrons. The predicted molar refractivity (Wildman–Crippen MR) is 78.3 cm³/mol. The molecule has 1 heterocycles. The van der Waals surface area contributed by atoms with Crippen LogP contribution in [0.5, 0.6) is 0 Å². The second-order valence-electron chi connectivity index (χ2n) is 4.83. The van der Waals surface area contributed by atoms with Crippen LogP contribution in [0.2, 0.25) is 0 Å². The van der Waals surface area contributed by atoms with Crippen LogP contribution >= 0.6 is 0 Å². The van der Waals surface area contributed by atoms with Gasteiger partial charge >= 0.3 is 0 Å². The summed E-state index contributed by atoms with van der Waals surface area (Å²) in [5, 5.41) is 1.05. The maximum Gasteiger partial charge on any atom is 0.254 e. The van der Waals surface area contributed by atoms with Gasteiger partial charge in [-0.3, -0.25) is 9.59 Å². The molecule has 1 aromatic heterocycles. The van der Waals surface area contributed by atoms with Gasteiger partial charge in [-0.15, -0.1) is 0 Å². The zero-order valence-electron chi connectivity index (χ0n) is 11.6. The zero-order chi connectivity index (χ0) is 14.5. The topological polar surface area (TPSA) is 79.2 Å². The average Bonchev–Trinajstić information content (AvgIpc) is 2.89. The fraction of sp³-hybridized carbons (Fsp3) is 0.333. The summed E-state index contributed by atoms with van der Waals surface area (Å²) in [5.41, 5.74) is 6.69. The van der Waals surface area contributed by atoms with Crippen molar-refractivity contribution in [3.63, 3.8) is 0 Å². The highest BCUT2D eigenvalue weighted by molar-refractivity contribution is 5.99. The van der Waals surface area contributed by atoms with Crippen LogP contribution in [0.1, 0.15) is 30.1 Å². The number of carbonyl (C=O) groups is 2. The molecule has 0 saturated carbocycles. The van der Waals surface area contributed by atoms with E-state index in [0.717, 1.165) is 23.7 Å². The molecule has 2 amide bonds. The molecule has 3 N–H and O–H groups in total. The van der Waals surface area contributed by atoms with Crippen LogP contribution in [0, 0.1) is 0 Å². The third kappa shape index (κ3) is 3.17. The molecule has 0 atom stereocenters. The first kappa shape index (κ1) is 14.1. The summed E-state index contributed by atoms with van der Waals surface area (Å²) in [7, 11) is 0. The molecule has 0 saturated heterocycles. The van der Waals surface area contributed by atoms with Crippen molar-refractivity contribution in [1.82, 2.24) is 9.88 Å². The van der Waals surface area contributed by atoms with Crippen molar-refractivity contribution in [2.45, 2.75) is 19.8 Å². The van der Waals surface area contributed by atoms with E-state index in [-0.39, 0.29) is 12.5 Å². The summed E-state index contributed by atoms with van der Waals surface area (Å²) in [6.45, 7) is 2.54. The number of hydrogen-bond donors (Lipinski definition) is 2. The predicted octanol–water partition coefficient (Wildman–Crippen LogP) is 1.90. The van der Waals surface area contributed by atoms with Gasteiger partial charge in [-0.05, 0) is 30.0 Å². The molecule has 1 aromatic carbocycles. The highest BCUT2D eigenvalue weighted by atomic mass is 16.2. The first-order chi connectivity index (χ1) is 9.61.